The number of rotatable bonds is 0. The van der Waals surface area contributed by atoms with Crippen LogP contribution >= 0.6 is 0 Å². The summed E-state index contributed by atoms with van der Waals surface area (Å²) in [5.41, 5.74) is 0.128. The van der Waals surface area contributed by atoms with Crippen LogP contribution in [0, 0.1) is 0 Å². The molecular weight excluding hydrogens is 312 g/mol. The summed E-state index contributed by atoms with van der Waals surface area (Å²) in [5, 5.41) is 19.7. The van der Waals surface area contributed by atoms with Crippen molar-refractivity contribution in [3.63, 3.8) is 0 Å². The smallest absolute Gasteiger partial charge is 0.342 e. The molecule has 0 amide bonds. The van der Waals surface area contributed by atoms with Gasteiger partial charge in [-0.3, -0.25) is 4.79 Å². The zero-order chi connectivity index (χ0) is 17.3. The fourth-order valence-electron chi connectivity index (χ4n) is 2.76. The third-order valence-electron chi connectivity index (χ3n) is 3.94. The van der Waals surface area contributed by atoms with Gasteiger partial charge in [0.15, 0.2) is 5.78 Å². The van der Waals surface area contributed by atoms with Gasteiger partial charge in [0.2, 0.25) is 0 Å². The largest absolute Gasteiger partial charge is 0.508 e. The first-order valence-corrected chi connectivity index (χ1v) is 7.73. The Hall–Kier alpha value is -2.60. The maximum absolute atomic E-state index is 12.4. The van der Waals surface area contributed by atoms with Crippen molar-refractivity contribution in [3.8, 4) is 11.5 Å². The van der Waals surface area contributed by atoms with Gasteiger partial charge < -0.3 is 19.7 Å². The summed E-state index contributed by atoms with van der Waals surface area (Å²) < 4.78 is 10.8. The van der Waals surface area contributed by atoms with Gasteiger partial charge in [-0.05, 0) is 24.6 Å². The Balaban J connectivity index is 1.96. The molecule has 126 valence electrons. The molecule has 2 aliphatic heterocycles. The Kier molecular flexibility index (Phi) is 4.40. The number of carbonyl (C=O) groups is 2. The average Bonchev–Trinajstić information content (AvgIpc) is 3.19. The molecule has 6 nitrogen and oxygen atoms in total. The highest BCUT2D eigenvalue weighted by Crippen LogP contribution is 2.31. The summed E-state index contributed by atoms with van der Waals surface area (Å²) in [6.07, 6.45) is 6.51. The lowest BCUT2D eigenvalue weighted by molar-refractivity contribution is -0.114. The van der Waals surface area contributed by atoms with Crippen molar-refractivity contribution in [1.29, 1.82) is 0 Å². The van der Waals surface area contributed by atoms with Crippen LogP contribution in [0.4, 0.5) is 0 Å². The second-order valence-electron chi connectivity index (χ2n) is 5.98. The topological polar surface area (TPSA) is 96.4 Å². The molecule has 1 aromatic rings. The van der Waals surface area contributed by atoms with E-state index in [9.17, 15) is 19.8 Å². The number of hydrogen-bond acceptors (Lipinski definition) is 6. The number of fused-ring (bicyclic) bond motifs is 2. The Morgan fingerprint density at radius 1 is 1.17 bits per heavy atom. The van der Waals surface area contributed by atoms with Crippen molar-refractivity contribution in [2.24, 2.45) is 0 Å². The normalized spacial score (nSPS) is 27.0. The van der Waals surface area contributed by atoms with Crippen LogP contribution in [0.5, 0.6) is 11.5 Å². The first-order chi connectivity index (χ1) is 11.4. The molecule has 2 aliphatic rings. The second kappa shape index (κ2) is 6.49. The van der Waals surface area contributed by atoms with Crippen LogP contribution in [-0.4, -0.2) is 40.3 Å². The van der Waals surface area contributed by atoms with Crippen molar-refractivity contribution in [2.45, 2.75) is 38.1 Å². The van der Waals surface area contributed by atoms with E-state index in [1.165, 1.54) is 12.1 Å². The fourth-order valence-corrected chi connectivity index (χ4v) is 2.76. The third kappa shape index (κ3) is 3.65. The van der Waals surface area contributed by atoms with Gasteiger partial charge in [0.05, 0.1) is 6.10 Å². The van der Waals surface area contributed by atoms with Gasteiger partial charge in [-0.2, -0.15) is 0 Å². The Morgan fingerprint density at radius 3 is 2.75 bits per heavy atom. The van der Waals surface area contributed by atoms with Crippen LogP contribution in [0.3, 0.4) is 0 Å². The van der Waals surface area contributed by atoms with Gasteiger partial charge in [0, 0.05) is 18.9 Å². The zero-order valence-electron chi connectivity index (χ0n) is 13.1. The van der Waals surface area contributed by atoms with Crippen LogP contribution in [-0.2, 0) is 20.7 Å². The first-order valence-electron chi connectivity index (χ1n) is 7.73. The maximum Gasteiger partial charge on any atom is 0.342 e. The number of hydrogen-bond donors (Lipinski definition) is 2. The highest BCUT2D eigenvalue weighted by Gasteiger charge is 2.38. The van der Waals surface area contributed by atoms with Gasteiger partial charge in [-0.25, -0.2) is 4.79 Å². The Morgan fingerprint density at radius 2 is 1.96 bits per heavy atom. The molecule has 3 unspecified atom stereocenters. The number of allylic oxidation sites excluding steroid dienone is 3. The molecule has 0 radical (unpaired) electrons. The Labute approximate surface area is 139 Å². The fraction of sp³-hybridized carbons (Fsp3) is 0.333. The zero-order valence-corrected chi connectivity index (χ0v) is 13.1. The van der Waals surface area contributed by atoms with Gasteiger partial charge in [0.1, 0.15) is 29.3 Å². The van der Waals surface area contributed by atoms with Gasteiger partial charge in [-0.15, -0.1) is 0 Å². The number of epoxide rings is 1. The maximum atomic E-state index is 12.4. The van der Waals surface area contributed by atoms with E-state index in [2.05, 4.69) is 0 Å². The molecule has 2 N–H and O–H groups in total. The van der Waals surface area contributed by atoms with Gasteiger partial charge in [0.25, 0.3) is 0 Å². The molecule has 1 fully saturated rings. The summed E-state index contributed by atoms with van der Waals surface area (Å²) >= 11 is 0. The number of aromatic hydroxyl groups is 2. The van der Waals surface area contributed by atoms with Gasteiger partial charge >= 0.3 is 5.97 Å². The molecule has 1 saturated heterocycles. The van der Waals surface area contributed by atoms with Crippen LogP contribution in [0.1, 0.15) is 29.3 Å². The van der Waals surface area contributed by atoms with Crippen LogP contribution in [0.2, 0.25) is 0 Å². The molecule has 6 heteroatoms. The van der Waals surface area contributed by atoms with Crippen molar-refractivity contribution in [2.75, 3.05) is 0 Å². The number of phenols is 2. The third-order valence-corrected chi connectivity index (χ3v) is 3.94. The van der Waals surface area contributed by atoms with Crippen molar-refractivity contribution in [3.05, 3.63) is 47.6 Å². The number of carbonyl (C=O) groups excluding carboxylic acids is 2. The molecule has 0 saturated carbocycles. The molecule has 0 spiro atoms. The number of cyclic esters (lactones) is 1. The molecule has 1 aromatic carbocycles. The lowest BCUT2D eigenvalue weighted by Crippen LogP contribution is -2.19. The van der Waals surface area contributed by atoms with Gasteiger partial charge in [-0.1, -0.05) is 18.2 Å². The second-order valence-corrected chi connectivity index (χ2v) is 5.98. The molecule has 0 aliphatic carbocycles. The number of ether oxygens (including phenoxy) is 2. The van der Waals surface area contributed by atoms with E-state index in [4.69, 9.17) is 9.47 Å². The number of esters is 1. The van der Waals surface area contributed by atoms with E-state index in [1.54, 1.807) is 19.1 Å². The van der Waals surface area contributed by atoms with E-state index in [-0.39, 0.29) is 41.3 Å². The summed E-state index contributed by atoms with van der Waals surface area (Å²) in [4.78, 5) is 24.4. The van der Waals surface area contributed by atoms with Crippen LogP contribution < -0.4 is 0 Å². The summed E-state index contributed by atoms with van der Waals surface area (Å²) in [7, 11) is 0. The lowest BCUT2D eigenvalue weighted by Gasteiger charge is -2.15. The molecule has 0 aromatic heterocycles. The molecule has 3 rings (SSSR count). The Bertz CT molecular complexity index is 733. The van der Waals surface area contributed by atoms with E-state index in [1.807, 2.05) is 6.08 Å². The lowest BCUT2D eigenvalue weighted by atomic mass is 10.00. The van der Waals surface area contributed by atoms with E-state index in [0.717, 1.165) is 6.07 Å². The summed E-state index contributed by atoms with van der Waals surface area (Å²) in [6.45, 7) is 1.74. The SMILES string of the molecule is CC1CC2OC2C=CC=CC(=O)Cc2cc(O)cc(O)c2C(=O)O1. The molecule has 2 heterocycles. The predicted octanol–water partition coefficient (Wildman–Crippen LogP) is 2.04. The minimum Gasteiger partial charge on any atom is -0.508 e. The van der Waals surface area contributed by atoms with E-state index in [0.29, 0.717) is 6.42 Å². The standard InChI is InChI=1S/C18H18O6/c1-10-6-16-15(24-16)5-3-2-4-12(19)7-11-8-13(20)9-14(21)17(11)18(22)23-10/h2-5,8-10,15-16,20-21H,6-7H2,1H3. The first kappa shape index (κ1) is 16.3. The highest BCUT2D eigenvalue weighted by atomic mass is 16.6. The number of ketones is 1. The summed E-state index contributed by atoms with van der Waals surface area (Å²) in [5.74, 6) is -1.63. The molecule has 0 bridgehead atoms. The minimum absolute atomic E-state index is 0.0241. The number of benzene rings is 1. The quantitative estimate of drug-likeness (QED) is 0.558. The number of phenolic OH excluding ortho intramolecular Hbond substituents is 2. The average molecular weight is 330 g/mol. The highest BCUT2D eigenvalue weighted by molar-refractivity contribution is 5.98. The van der Waals surface area contributed by atoms with Crippen LogP contribution in [0.25, 0.3) is 0 Å². The van der Waals surface area contributed by atoms with Crippen molar-refractivity contribution < 1.29 is 29.3 Å². The molecule has 3 atom stereocenters. The van der Waals surface area contributed by atoms with E-state index < -0.39 is 17.8 Å². The summed E-state index contributed by atoms with van der Waals surface area (Å²) in [6, 6.07) is 2.34. The monoisotopic (exact) mass is 330 g/mol. The molecular formula is C18H18O6. The van der Waals surface area contributed by atoms with E-state index >= 15 is 0 Å². The molecule has 24 heavy (non-hydrogen) atoms. The minimum atomic E-state index is -0.725. The van der Waals surface area contributed by atoms with Crippen molar-refractivity contribution in [1.82, 2.24) is 0 Å². The van der Waals surface area contributed by atoms with Crippen molar-refractivity contribution >= 4 is 11.8 Å². The van der Waals surface area contributed by atoms with Crippen LogP contribution in [0.15, 0.2) is 36.4 Å². The predicted molar refractivity (Wildman–Crippen MR) is 84.9 cm³/mol.